The van der Waals surface area contributed by atoms with Crippen LogP contribution in [0, 0.1) is 0 Å². The largest absolute Gasteiger partial charge is 0.495 e. The second-order valence-electron chi connectivity index (χ2n) is 7.72. The van der Waals surface area contributed by atoms with E-state index in [2.05, 4.69) is 20.6 Å². The molecule has 0 fully saturated rings. The molecule has 0 atom stereocenters. The van der Waals surface area contributed by atoms with Crippen molar-refractivity contribution < 1.29 is 33.1 Å². The van der Waals surface area contributed by atoms with Gasteiger partial charge in [0.25, 0.3) is 5.89 Å². The molecule has 3 aromatic rings. The number of benzene rings is 2. The van der Waals surface area contributed by atoms with Crippen LogP contribution in [0.2, 0.25) is 5.02 Å². The Labute approximate surface area is 209 Å². The first-order valence-electron chi connectivity index (χ1n) is 10.8. The van der Waals surface area contributed by atoms with Crippen LogP contribution in [-0.2, 0) is 9.59 Å². The molecule has 1 aromatic heterocycles. The number of hydrazone groups is 1. The number of fused-ring (bicyclic) bond motifs is 1. The highest BCUT2D eigenvalue weighted by Crippen LogP contribution is 2.36. The van der Waals surface area contributed by atoms with Crippen LogP contribution in [0.4, 0.5) is 5.69 Å². The van der Waals surface area contributed by atoms with Crippen molar-refractivity contribution in [2.24, 2.45) is 5.10 Å². The van der Waals surface area contributed by atoms with E-state index >= 15 is 0 Å². The second-order valence-corrected chi connectivity index (χ2v) is 8.13. The molecule has 2 amide bonds. The standard InChI is InChI=1S/C23H20ClN5O7/c1-32-17-9-15(18(33-2)8-13(17)24)25-20(30)10-29-21(31)6-4-14(27-29)23-26-22(28-36-23)12-3-5-16-19(7-12)35-11-34-16/h3,5,7-9H,4,6,10-11H2,1-2H3,(H,25,30). The summed E-state index contributed by atoms with van der Waals surface area (Å²) in [6, 6.07) is 8.34. The van der Waals surface area contributed by atoms with Gasteiger partial charge in [0.2, 0.25) is 24.4 Å². The fraction of sp³-hybridized carbons (Fsp3) is 0.261. The summed E-state index contributed by atoms with van der Waals surface area (Å²) in [4.78, 5) is 29.6. The second kappa shape index (κ2) is 9.74. The van der Waals surface area contributed by atoms with E-state index < -0.39 is 5.91 Å². The molecule has 0 unspecified atom stereocenters. The number of hydrogen-bond acceptors (Lipinski definition) is 10. The molecule has 0 bridgehead atoms. The molecule has 0 spiro atoms. The van der Waals surface area contributed by atoms with E-state index in [4.69, 9.17) is 35.1 Å². The monoisotopic (exact) mass is 513 g/mol. The normalized spacial score (nSPS) is 14.5. The summed E-state index contributed by atoms with van der Waals surface area (Å²) < 4.78 is 26.5. The average Bonchev–Trinajstić information content (AvgIpc) is 3.55. The zero-order chi connectivity index (χ0) is 25.2. The van der Waals surface area contributed by atoms with E-state index in [0.717, 1.165) is 5.01 Å². The van der Waals surface area contributed by atoms with Crippen LogP contribution >= 0.6 is 11.6 Å². The number of halogens is 1. The number of methoxy groups -OCH3 is 2. The summed E-state index contributed by atoms with van der Waals surface area (Å²) in [5.41, 5.74) is 1.40. The van der Waals surface area contributed by atoms with Crippen LogP contribution in [0.5, 0.6) is 23.0 Å². The summed E-state index contributed by atoms with van der Waals surface area (Å²) in [5, 5.41) is 12.4. The van der Waals surface area contributed by atoms with Crippen LogP contribution < -0.4 is 24.3 Å². The number of amides is 2. The van der Waals surface area contributed by atoms with Gasteiger partial charge >= 0.3 is 0 Å². The lowest BCUT2D eigenvalue weighted by atomic mass is 10.1. The minimum atomic E-state index is -0.498. The van der Waals surface area contributed by atoms with Gasteiger partial charge < -0.3 is 28.8 Å². The molecule has 0 aliphatic carbocycles. The predicted molar refractivity (Wildman–Crippen MR) is 127 cm³/mol. The maximum Gasteiger partial charge on any atom is 0.274 e. The lowest BCUT2D eigenvalue weighted by molar-refractivity contribution is -0.135. The highest BCUT2D eigenvalue weighted by atomic mass is 35.5. The lowest BCUT2D eigenvalue weighted by Gasteiger charge is -2.22. The Morgan fingerprint density at radius 1 is 1.11 bits per heavy atom. The van der Waals surface area contributed by atoms with E-state index in [1.807, 2.05) is 0 Å². The van der Waals surface area contributed by atoms with Crippen LogP contribution in [0.25, 0.3) is 11.4 Å². The van der Waals surface area contributed by atoms with Crippen LogP contribution in [0.1, 0.15) is 18.7 Å². The van der Waals surface area contributed by atoms with Crippen molar-refractivity contribution in [1.82, 2.24) is 15.1 Å². The molecule has 36 heavy (non-hydrogen) atoms. The third-order valence-electron chi connectivity index (χ3n) is 5.45. The number of hydrogen-bond donors (Lipinski definition) is 1. The fourth-order valence-electron chi connectivity index (χ4n) is 3.66. The van der Waals surface area contributed by atoms with Gasteiger partial charge in [0.05, 0.1) is 24.9 Å². The smallest absolute Gasteiger partial charge is 0.274 e. The van der Waals surface area contributed by atoms with E-state index in [9.17, 15) is 9.59 Å². The minimum Gasteiger partial charge on any atom is -0.495 e. The first kappa shape index (κ1) is 23.4. The third-order valence-corrected chi connectivity index (χ3v) is 5.75. The summed E-state index contributed by atoms with van der Waals surface area (Å²) in [7, 11) is 2.90. The van der Waals surface area contributed by atoms with Gasteiger partial charge in [-0.05, 0) is 18.2 Å². The molecular weight excluding hydrogens is 494 g/mol. The quantitative estimate of drug-likeness (QED) is 0.505. The van der Waals surface area contributed by atoms with E-state index in [1.165, 1.54) is 26.4 Å². The van der Waals surface area contributed by atoms with Crippen molar-refractivity contribution in [3.8, 4) is 34.4 Å². The third kappa shape index (κ3) is 4.62. The average molecular weight is 514 g/mol. The van der Waals surface area contributed by atoms with Gasteiger partial charge in [-0.1, -0.05) is 16.8 Å². The number of carbonyl (C=O) groups excluding carboxylic acids is 2. The van der Waals surface area contributed by atoms with Gasteiger partial charge in [-0.3, -0.25) is 9.59 Å². The van der Waals surface area contributed by atoms with Gasteiger partial charge in [-0.2, -0.15) is 10.1 Å². The van der Waals surface area contributed by atoms with Crippen molar-refractivity contribution in [2.75, 3.05) is 32.9 Å². The zero-order valence-electron chi connectivity index (χ0n) is 19.2. The summed E-state index contributed by atoms with van der Waals surface area (Å²) >= 11 is 6.11. The molecular formula is C23H20ClN5O7. The molecule has 0 saturated carbocycles. The van der Waals surface area contributed by atoms with Crippen molar-refractivity contribution in [2.45, 2.75) is 12.8 Å². The number of ether oxygens (including phenoxy) is 4. The molecule has 2 aromatic carbocycles. The van der Waals surface area contributed by atoms with Crippen LogP contribution in [-0.4, -0.2) is 60.2 Å². The fourth-order valence-corrected chi connectivity index (χ4v) is 3.89. The Balaban J connectivity index is 1.31. The molecule has 186 valence electrons. The number of anilines is 1. The summed E-state index contributed by atoms with van der Waals surface area (Å²) in [5.74, 6) is 1.60. The summed E-state index contributed by atoms with van der Waals surface area (Å²) in [6.45, 7) is -0.178. The number of aromatic nitrogens is 2. The molecule has 5 rings (SSSR count). The SMILES string of the molecule is COc1cc(NC(=O)CN2N=C(c3nc(-c4ccc5c(c4)OCO5)no3)CCC2=O)c(OC)cc1Cl. The highest BCUT2D eigenvalue weighted by Gasteiger charge is 2.27. The predicted octanol–water partition coefficient (Wildman–Crippen LogP) is 3.10. The van der Waals surface area contributed by atoms with E-state index in [1.54, 1.807) is 18.2 Å². The van der Waals surface area contributed by atoms with Crippen molar-refractivity contribution in [3.63, 3.8) is 0 Å². The van der Waals surface area contributed by atoms with Crippen molar-refractivity contribution in [1.29, 1.82) is 0 Å². The molecule has 2 aliphatic heterocycles. The number of rotatable bonds is 7. The topological polar surface area (TPSA) is 138 Å². The Kier molecular flexibility index (Phi) is 6.34. The van der Waals surface area contributed by atoms with E-state index in [0.29, 0.717) is 57.2 Å². The lowest BCUT2D eigenvalue weighted by Crippen LogP contribution is -2.38. The van der Waals surface area contributed by atoms with Gasteiger partial charge in [-0.15, -0.1) is 0 Å². The first-order chi connectivity index (χ1) is 17.4. The maximum atomic E-state index is 12.7. The molecule has 0 saturated heterocycles. The van der Waals surface area contributed by atoms with Crippen LogP contribution in [0.15, 0.2) is 40.0 Å². The number of nitrogens with one attached hydrogen (secondary N) is 1. The van der Waals surface area contributed by atoms with Gasteiger partial charge in [0.15, 0.2) is 11.5 Å². The molecule has 3 heterocycles. The van der Waals surface area contributed by atoms with Crippen molar-refractivity contribution >= 4 is 34.8 Å². The Morgan fingerprint density at radius 3 is 2.72 bits per heavy atom. The number of carbonyl (C=O) groups is 2. The van der Waals surface area contributed by atoms with E-state index in [-0.39, 0.29) is 31.6 Å². The summed E-state index contributed by atoms with van der Waals surface area (Å²) in [6.07, 6.45) is 0.424. The first-order valence-corrected chi connectivity index (χ1v) is 11.2. The van der Waals surface area contributed by atoms with Gasteiger partial charge in [-0.25, -0.2) is 5.01 Å². The molecule has 12 nitrogen and oxygen atoms in total. The number of nitrogens with zero attached hydrogens (tertiary/aromatic N) is 4. The Hall–Kier alpha value is -4.32. The maximum absolute atomic E-state index is 12.7. The molecule has 0 radical (unpaired) electrons. The van der Waals surface area contributed by atoms with Gasteiger partial charge in [0, 0.05) is 30.5 Å². The van der Waals surface area contributed by atoms with Gasteiger partial charge in [0.1, 0.15) is 23.8 Å². The Bertz CT molecular complexity index is 1370. The van der Waals surface area contributed by atoms with Crippen molar-refractivity contribution in [3.05, 3.63) is 41.2 Å². The molecule has 2 aliphatic rings. The Morgan fingerprint density at radius 2 is 1.92 bits per heavy atom. The molecule has 1 N–H and O–H groups in total. The zero-order valence-corrected chi connectivity index (χ0v) is 20.0. The highest BCUT2D eigenvalue weighted by molar-refractivity contribution is 6.32. The van der Waals surface area contributed by atoms with Crippen LogP contribution in [0.3, 0.4) is 0 Å². The minimum absolute atomic E-state index is 0.131. The molecule has 13 heteroatoms.